The number of carboxylic acids is 1. The van der Waals surface area contributed by atoms with E-state index in [1.165, 1.54) is 0 Å². The fourth-order valence-electron chi connectivity index (χ4n) is 2.66. The molecule has 6 heteroatoms. The standard InChI is InChI=1S/C14H19NO4S/c1-15(9-4-7-14(16)17)12-8-10-20(18,19)13-6-3-2-5-11(12)13/h2-3,5-6,12H,4,7-10H2,1H3,(H,16,17). The number of fused-ring (bicyclic) bond motifs is 1. The number of aliphatic carboxylic acids is 1. The average molecular weight is 297 g/mol. The average Bonchev–Trinajstić information content (AvgIpc) is 2.38. The van der Waals surface area contributed by atoms with Crippen molar-refractivity contribution in [2.45, 2.75) is 30.2 Å². The zero-order chi connectivity index (χ0) is 14.8. The normalized spacial score (nSPS) is 20.6. The van der Waals surface area contributed by atoms with E-state index >= 15 is 0 Å². The van der Waals surface area contributed by atoms with Gasteiger partial charge in [0.1, 0.15) is 0 Å². The molecule has 1 unspecified atom stereocenters. The van der Waals surface area contributed by atoms with Gasteiger partial charge in [-0.2, -0.15) is 0 Å². The van der Waals surface area contributed by atoms with Gasteiger partial charge in [-0.3, -0.25) is 9.69 Å². The Morgan fingerprint density at radius 1 is 1.40 bits per heavy atom. The molecule has 0 aromatic heterocycles. The summed E-state index contributed by atoms with van der Waals surface area (Å²) in [7, 11) is -1.25. The molecule has 0 saturated carbocycles. The Morgan fingerprint density at radius 3 is 2.80 bits per heavy atom. The van der Waals surface area contributed by atoms with Gasteiger partial charge in [-0.25, -0.2) is 8.42 Å². The maximum Gasteiger partial charge on any atom is 0.303 e. The summed E-state index contributed by atoms with van der Waals surface area (Å²) in [5.74, 6) is -0.650. The van der Waals surface area contributed by atoms with Crippen LogP contribution in [0.2, 0.25) is 0 Å². The highest BCUT2D eigenvalue weighted by Gasteiger charge is 2.31. The highest BCUT2D eigenvalue weighted by molar-refractivity contribution is 7.91. The van der Waals surface area contributed by atoms with Crippen molar-refractivity contribution >= 4 is 15.8 Å². The molecule has 1 aromatic rings. The summed E-state index contributed by atoms with van der Waals surface area (Å²) in [6.45, 7) is 0.644. The highest BCUT2D eigenvalue weighted by atomic mass is 32.2. The third kappa shape index (κ3) is 3.19. The summed E-state index contributed by atoms with van der Waals surface area (Å²) < 4.78 is 24.1. The van der Waals surface area contributed by atoms with Gasteiger partial charge in [-0.1, -0.05) is 18.2 Å². The molecule has 110 valence electrons. The monoisotopic (exact) mass is 297 g/mol. The summed E-state index contributed by atoms with van der Waals surface area (Å²) in [5, 5.41) is 8.67. The Bertz CT molecular complexity index is 597. The quantitative estimate of drug-likeness (QED) is 0.895. The fourth-order valence-corrected chi connectivity index (χ4v) is 4.27. The second kappa shape index (κ2) is 5.93. The lowest BCUT2D eigenvalue weighted by Gasteiger charge is -2.32. The summed E-state index contributed by atoms with van der Waals surface area (Å²) in [4.78, 5) is 13.0. The number of sulfone groups is 1. The number of carbonyl (C=O) groups is 1. The second-order valence-corrected chi connectivity index (χ2v) is 7.22. The number of nitrogens with zero attached hydrogens (tertiary/aromatic N) is 1. The zero-order valence-corrected chi connectivity index (χ0v) is 12.3. The van der Waals surface area contributed by atoms with Crippen molar-refractivity contribution in [1.82, 2.24) is 4.90 Å². The lowest BCUT2D eigenvalue weighted by molar-refractivity contribution is -0.137. The Balaban J connectivity index is 2.16. The Hall–Kier alpha value is -1.40. The Labute approximate surface area is 119 Å². The summed E-state index contributed by atoms with van der Waals surface area (Å²) >= 11 is 0. The van der Waals surface area contributed by atoms with Crippen LogP contribution < -0.4 is 0 Å². The van der Waals surface area contributed by atoms with E-state index in [9.17, 15) is 13.2 Å². The third-order valence-electron chi connectivity index (χ3n) is 3.71. The maximum atomic E-state index is 12.0. The van der Waals surface area contributed by atoms with Crippen molar-refractivity contribution in [2.75, 3.05) is 19.3 Å². The van der Waals surface area contributed by atoms with E-state index < -0.39 is 15.8 Å². The van der Waals surface area contributed by atoms with Gasteiger partial charge in [-0.05, 0) is 38.1 Å². The van der Waals surface area contributed by atoms with Crippen molar-refractivity contribution in [3.63, 3.8) is 0 Å². The van der Waals surface area contributed by atoms with Crippen LogP contribution in [0.4, 0.5) is 0 Å². The molecule has 1 heterocycles. The number of rotatable bonds is 5. The lowest BCUT2D eigenvalue weighted by atomic mass is 10.0. The molecule has 0 fully saturated rings. The highest BCUT2D eigenvalue weighted by Crippen LogP contribution is 2.35. The SMILES string of the molecule is CN(CCCC(=O)O)C1CCS(=O)(=O)c2ccccc21. The molecular formula is C14H19NO4S. The van der Waals surface area contributed by atoms with Crippen LogP contribution in [-0.2, 0) is 14.6 Å². The van der Waals surface area contributed by atoms with Gasteiger partial charge < -0.3 is 5.11 Å². The predicted molar refractivity (Wildman–Crippen MR) is 75.4 cm³/mol. The Morgan fingerprint density at radius 2 is 2.10 bits per heavy atom. The second-order valence-electron chi connectivity index (χ2n) is 5.14. The van der Waals surface area contributed by atoms with Crippen molar-refractivity contribution in [3.05, 3.63) is 29.8 Å². The number of carboxylic acid groups (broad SMARTS) is 1. The number of benzene rings is 1. The van der Waals surface area contributed by atoms with Gasteiger partial charge in [0.25, 0.3) is 0 Å². The summed E-state index contributed by atoms with van der Waals surface area (Å²) in [5.41, 5.74) is 0.830. The first-order valence-electron chi connectivity index (χ1n) is 6.65. The van der Waals surface area contributed by atoms with Crippen LogP contribution in [0, 0.1) is 0 Å². The maximum absolute atomic E-state index is 12.0. The predicted octanol–water partition coefficient (Wildman–Crippen LogP) is 1.70. The minimum absolute atomic E-state index is 0.0449. The van der Waals surface area contributed by atoms with Gasteiger partial charge in [0.05, 0.1) is 10.6 Å². The molecule has 5 nitrogen and oxygen atoms in total. The molecule has 0 amide bonds. The van der Waals surface area contributed by atoms with Crippen LogP contribution in [-0.4, -0.2) is 43.7 Å². The van der Waals surface area contributed by atoms with Crippen molar-refractivity contribution in [2.24, 2.45) is 0 Å². The van der Waals surface area contributed by atoms with Crippen LogP contribution in [0.15, 0.2) is 29.2 Å². The van der Waals surface area contributed by atoms with E-state index in [4.69, 9.17) is 5.11 Å². The van der Waals surface area contributed by atoms with Crippen LogP contribution in [0.25, 0.3) is 0 Å². The smallest absolute Gasteiger partial charge is 0.303 e. The molecule has 1 aliphatic heterocycles. The topological polar surface area (TPSA) is 74.7 Å². The lowest BCUT2D eigenvalue weighted by Crippen LogP contribution is -2.32. The molecule has 1 aliphatic rings. The van der Waals surface area contributed by atoms with Crippen LogP contribution in [0.3, 0.4) is 0 Å². The molecule has 1 atom stereocenters. The summed E-state index contributed by atoms with van der Waals surface area (Å²) in [6, 6.07) is 7.14. The zero-order valence-electron chi connectivity index (χ0n) is 11.4. The molecule has 2 rings (SSSR count). The molecule has 0 bridgehead atoms. The van der Waals surface area contributed by atoms with Crippen LogP contribution in [0.1, 0.15) is 30.9 Å². The van der Waals surface area contributed by atoms with E-state index in [0.717, 1.165) is 5.56 Å². The van der Waals surface area contributed by atoms with Crippen molar-refractivity contribution in [3.8, 4) is 0 Å². The Kier molecular flexibility index (Phi) is 4.45. The molecule has 0 saturated heterocycles. The van der Waals surface area contributed by atoms with Gasteiger partial charge in [-0.15, -0.1) is 0 Å². The first kappa shape index (κ1) is 15.0. The minimum atomic E-state index is -3.16. The molecule has 1 aromatic carbocycles. The van der Waals surface area contributed by atoms with E-state index in [1.54, 1.807) is 12.1 Å². The van der Waals surface area contributed by atoms with E-state index in [2.05, 4.69) is 4.90 Å². The van der Waals surface area contributed by atoms with Gasteiger partial charge >= 0.3 is 5.97 Å². The van der Waals surface area contributed by atoms with Crippen molar-refractivity contribution < 1.29 is 18.3 Å². The molecule has 0 aliphatic carbocycles. The molecule has 0 radical (unpaired) electrons. The summed E-state index contributed by atoms with van der Waals surface area (Å²) in [6.07, 6.45) is 1.26. The molecule has 1 N–H and O–H groups in total. The van der Waals surface area contributed by atoms with Crippen LogP contribution >= 0.6 is 0 Å². The van der Waals surface area contributed by atoms with Crippen LogP contribution in [0.5, 0.6) is 0 Å². The number of hydrogen-bond donors (Lipinski definition) is 1. The molecule has 0 spiro atoms. The van der Waals surface area contributed by atoms with Gasteiger partial charge in [0, 0.05) is 12.5 Å². The largest absolute Gasteiger partial charge is 0.481 e. The first-order chi connectivity index (χ1) is 9.42. The molecular weight excluding hydrogens is 278 g/mol. The van der Waals surface area contributed by atoms with Crippen molar-refractivity contribution in [1.29, 1.82) is 0 Å². The minimum Gasteiger partial charge on any atom is -0.481 e. The number of hydrogen-bond acceptors (Lipinski definition) is 4. The van der Waals surface area contributed by atoms with E-state index in [1.807, 2.05) is 19.2 Å². The van der Waals surface area contributed by atoms with Gasteiger partial charge in [0.2, 0.25) is 0 Å². The molecule has 20 heavy (non-hydrogen) atoms. The fraction of sp³-hybridized carbons (Fsp3) is 0.500. The van der Waals surface area contributed by atoms with E-state index in [0.29, 0.717) is 24.3 Å². The first-order valence-corrected chi connectivity index (χ1v) is 8.31. The third-order valence-corrected chi connectivity index (χ3v) is 5.52. The van der Waals surface area contributed by atoms with Gasteiger partial charge in [0.15, 0.2) is 9.84 Å². The van der Waals surface area contributed by atoms with E-state index in [-0.39, 0.29) is 18.2 Å².